The van der Waals surface area contributed by atoms with Crippen LogP contribution in [0.5, 0.6) is 0 Å². The lowest BCUT2D eigenvalue weighted by Gasteiger charge is -2.44. The van der Waals surface area contributed by atoms with Crippen molar-refractivity contribution in [1.82, 2.24) is 0 Å². The fourth-order valence-corrected chi connectivity index (χ4v) is 2.34. The highest BCUT2D eigenvalue weighted by molar-refractivity contribution is 4.87. The van der Waals surface area contributed by atoms with E-state index in [9.17, 15) is 0 Å². The van der Waals surface area contributed by atoms with Crippen LogP contribution < -0.4 is 0 Å². The molecule has 0 unspecified atom stereocenters. The van der Waals surface area contributed by atoms with Crippen molar-refractivity contribution in [3.63, 3.8) is 0 Å². The summed E-state index contributed by atoms with van der Waals surface area (Å²) in [5.41, 5.74) is -0.473. The third-order valence-electron chi connectivity index (χ3n) is 5.29. The van der Waals surface area contributed by atoms with Crippen molar-refractivity contribution in [3.8, 4) is 0 Å². The molecule has 0 aromatic heterocycles. The van der Waals surface area contributed by atoms with Gasteiger partial charge in [0, 0.05) is 10.8 Å². The van der Waals surface area contributed by atoms with Crippen molar-refractivity contribution in [2.24, 2.45) is 16.2 Å². The van der Waals surface area contributed by atoms with E-state index in [0.29, 0.717) is 10.8 Å². The third kappa shape index (κ3) is 5.36. The summed E-state index contributed by atoms with van der Waals surface area (Å²) < 4.78 is 16.4. The summed E-state index contributed by atoms with van der Waals surface area (Å²) >= 11 is 0. The molecule has 0 spiro atoms. The molecule has 2 aliphatic rings. The highest BCUT2D eigenvalue weighted by Gasteiger charge is 2.40. The number of rotatable bonds is 10. The van der Waals surface area contributed by atoms with E-state index in [1.165, 1.54) is 0 Å². The van der Waals surface area contributed by atoms with E-state index in [4.69, 9.17) is 34.6 Å². The van der Waals surface area contributed by atoms with E-state index < -0.39 is 31.8 Å². The zero-order valence-corrected chi connectivity index (χ0v) is 15.0. The van der Waals surface area contributed by atoms with Gasteiger partial charge >= 0.3 is 0 Å². The van der Waals surface area contributed by atoms with Crippen LogP contribution in [0.15, 0.2) is 0 Å². The molecule has 2 rings (SSSR count). The highest BCUT2D eigenvalue weighted by atomic mass is 16.5. The summed E-state index contributed by atoms with van der Waals surface area (Å²) in [4.78, 5) is 0. The van der Waals surface area contributed by atoms with Crippen molar-refractivity contribution in [3.05, 3.63) is 0 Å². The average Bonchev–Trinajstić information content (AvgIpc) is 2.56. The van der Waals surface area contributed by atoms with Crippen LogP contribution >= 0.6 is 0 Å². The van der Waals surface area contributed by atoms with Crippen molar-refractivity contribution >= 4 is 0 Å². The molecule has 7 heteroatoms. The molecular formula is C17H34O7. The SMILES string of the molecule is CCC1(COCC2(CC)COC2)COC1.OCC(CO)(CO)CO. The lowest BCUT2D eigenvalue weighted by molar-refractivity contribution is -0.187. The largest absolute Gasteiger partial charge is 0.396 e. The number of hydrogen-bond donors (Lipinski definition) is 4. The molecule has 7 nitrogen and oxygen atoms in total. The molecule has 0 bridgehead atoms. The minimum atomic E-state index is -1.11. The monoisotopic (exact) mass is 350 g/mol. The van der Waals surface area contributed by atoms with Gasteiger partial charge in [0.1, 0.15) is 0 Å². The van der Waals surface area contributed by atoms with E-state index in [0.717, 1.165) is 52.5 Å². The highest BCUT2D eigenvalue weighted by Crippen LogP contribution is 2.35. The zero-order valence-electron chi connectivity index (χ0n) is 15.0. The second-order valence-corrected chi connectivity index (χ2v) is 7.32. The van der Waals surface area contributed by atoms with Gasteiger partial charge in [-0.1, -0.05) is 13.8 Å². The Hall–Kier alpha value is -0.280. The lowest BCUT2D eigenvalue weighted by Crippen LogP contribution is -2.49. The molecule has 0 saturated carbocycles. The van der Waals surface area contributed by atoms with Gasteiger partial charge in [-0.15, -0.1) is 0 Å². The summed E-state index contributed by atoms with van der Waals surface area (Å²) in [6.07, 6.45) is 2.31. The molecule has 2 fully saturated rings. The van der Waals surface area contributed by atoms with Gasteiger partial charge in [0.2, 0.25) is 0 Å². The molecule has 2 saturated heterocycles. The Labute approximate surface area is 144 Å². The minimum Gasteiger partial charge on any atom is -0.396 e. The molecule has 0 radical (unpaired) electrons. The van der Waals surface area contributed by atoms with Crippen LogP contribution in [0.25, 0.3) is 0 Å². The number of aliphatic hydroxyl groups excluding tert-OH is 4. The lowest BCUT2D eigenvalue weighted by atomic mass is 9.83. The Morgan fingerprint density at radius 2 is 1.08 bits per heavy atom. The van der Waals surface area contributed by atoms with Crippen LogP contribution in [0.4, 0.5) is 0 Å². The Bertz CT molecular complexity index is 285. The van der Waals surface area contributed by atoms with E-state index in [1.54, 1.807) is 0 Å². The number of hydrogen-bond acceptors (Lipinski definition) is 7. The predicted octanol–water partition coefficient (Wildman–Crippen LogP) is -0.202. The van der Waals surface area contributed by atoms with Crippen LogP contribution in [0.1, 0.15) is 26.7 Å². The quantitative estimate of drug-likeness (QED) is 0.432. The Balaban J connectivity index is 0.000000277. The molecule has 144 valence electrons. The molecule has 0 aromatic rings. The molecule has 2 heterocycles. The molecule has 2 aliphatic heterocycles. The fraction of sp³-hybridized carbons (Fsp3) is 1.00. The van der Waals surface area contributed by atoms with E-state index in [-0.39, 0.29) is 0 Å². The molecule has 0 aromatic carbocycles. The summed E-state index contributed by atoms with van der Waals surface area (Å²) in [6.45, 7) is 8.01. The maximum Gasteiger partial charge on any atom is 0.0627 e. The van der Waals surface area contributed by atoms with Crippen LogP contribution in [0.3, 0.4) is 0 Å². The van der Waals surface area contributed by atoms with Crippen LogP contribution in [0.2, 0.25) is 0 Å². The van der Waals surface area contributed by atoms with Crippen molar-refractivity contribution < 1.29 is 34.6 Å². The van der Waals surface area contributed by atoms with Gasteiger partial charge in [-0.05, 0) is 12.8 Å². The van der Waals surface area contributed by atoms with E-state index >= 15 is 0 Å². The maximum atomic E-state index is 8.50. The molecule has 0 atom stereocenters. The summed E-state index contributed by atoms with van der Waals surface area (Å²) in [6, 6.07) is 0. The summed E-state index contributed by atoms with van der Waals surface area (Å²) in [7, 11) is 0. The van der Waals surface area contributed by atoms with Gasteiger partial charge in [-0.25, -0.2) is 0 Å². The first-order valence-electron chi connectivity index (χ1n) is 8.65. The second kappa shape index (κ2) is 10.0. The third-order valence-corrected chi connectivity index (χ3v) is 5.29. The second-order valence-electron chi connectivity index (χ2n) is 7.32. The van der Waals surface area contributed by atoms with Crippen molar-refractivity contribution in [1.29, 1.82) is 0 Å². The summed E-state index contributed by atoms with van der Waals surface area (Å²) in [5, 5.41) is 34.0. The first-order valence-corrected chi connectivity index (χ1v) is 8.65. The Kier molecular flexibility index (Phi) is 9.08. The zero-order chi connectivity index (χ0) is 18.1. The van der Waals surface area contributed by atoms with Crippen molar-refractivity contribution in [2.75, 3.05) is 66.1 Å². The van der Waals surface area contributed by atoms with Gasteiger partial charge in [-0.2, -0.15) is 0 Å². The molecule has 4 N–H and O–H groups in total. The molecule has 0 amide bonds. The normalized spacial score (nSPS) is 21.2. The van der Waals surface area contributed by atoms with Gasteiger partial charge in [0.05, 0.1) is 71.5 Å². The average molecular weight is 350 g/mol. The van der Waals surface area contributed by atoms with Crippen LogP contribution in [-0.4, -0.2) is 86.5 Å². The molecular weight excluding hydrogens is 316 g/mol. The van der Waals surface area contributed by atoms with Crippen LogP contribution in [0, 0.1) is 16.2 Å². The Morgan fingerprint density at radius 3 is 1.21 bits per heavy atom. The fourth-order valence-electron chi connectivity index (χ4n) is 2.34. The summed E-state index contributed by atoms with van der Waals surface area (Å²) in [5.74, 6) is 0. The van der Waals surface area contributed by atoms with E-state index in [1.807, 2.05) is 0 Å². The number of aliphatic hydroxyl groups is 4. The van der Waals surface area contributed by atoms with Gasteiger partial charge in [0.15, 0.2) is 0 Å². The maximum absolute atomic E-state index is 8.50. The van der Waals surface area contributed by atoms with E-state index in [2.05, 4.69) is 13.8 Å². The van der Waals surface area contributed by atoms with Crippen LogP contribution in [-0.2, 0) is 14.2 Å². The predicted molar refractivity (Wildman–Crippen MR) is 88.7 cm³/mol. The topological polar surface area (TPSA) is 109 Å². The number of ether oxygens (including phenoxy) is 3. The standard InChI is InChI=1S/C12H22O3.C5H12O4/c1-3-11(5-13-6-11)9-15-10-12(4-2)7-14-8-12;6-1-5(2-7,3-8)4-9/h3-10H2,1-2H3;6-9H,1-4H2. The minimum absolute atomic E-state index is 0.319. The first kappa shape index (κ1) is 21.8. The first-order chi connectivity index (χ1) is 11.5. The van der Waals surface area contributed by atoms with Gasteiger partial charge < -0.3 is 34.6 Å². The van der Waals surface area contributed by atoms with Gasteiger partial charge in [-0.3, -0.25) is 0 Å². The Morgan fingerprint density at radius 1 is 0.750 bits per heavy atom. The van der Waals surface area contributed by atoms with Gasteiger partial charge in [0.25, 0.3) is 0 Å². The smallest absolute Gasteiger partial charge is 0.0627 e. The van der Waals surface area contributed by atoms with Crippen molar-refractivity contribution in [2.45, 2.75) is 26.7 Å². The molecule has 0 aliphatic carbocycles. The molecule has 24 heavy (non-hydrogen) atoms.